The quantitative estimate of drug-likeness (QED) is 0.397. The summed E-state index contributed by atoms with van der Waals surface area (Å²) in [5.41, 5.74) is 0.787. The summed E-state index contributed by atoms with van der Waals surface area (Å²) < 4.78 is 0. The number of hydrazone groups is 1. The molecule has 1 rings (SSSR count). The van der Waals surface area contributed by atoms with Crippen LogP contribution in [0.4, 0.5) is 0 Å². The molecule has 0 N–H and O–H groups in total. The lowest BCUT2D eigenvalue weighted by molar-refractivity contribution is -0.485. The van der Waals surface area contributed by atoms with Gasteiger partial charge in [-0.25, -0.2) is 10.1 Å². The highest BCUT2D eigenvalue weighted by atomic mass is 16.7. The van der Waals surface area contributed by atoms with Crippen molar-refractivity contribution in [2.45, 2.75) is 46.0 Å². The molecule has 0 aromatic rings. The van der Waals surface area contributed by atoms with Crippen LogP contribution in [0, 0.1) is 22.0 Å². The van der Waals surface area contributed by atoms with Gasteiger partial charge in [-0.15, -0.1) is 0 Å². The highest BCUT2D eigenvalue weighted by Crippen LogP contribution is 2.27. The minimum Gasteiger partial charge on any atom is -0.233 e. The Morgan fingerprint density at radius 2 is 1.93 bits per heavy atom. The third-order valence-electron chi connectivity index (χ3n) is 2.81. The van der Waals surface area contributed by atoms with E-state index >= 15 is 0 Å². The molecular weight excluding hydrogens is 180 g/mol. The second-order valence-corrected chi connectivity index (χ2v) is 4.25. The Morgan fingerprint density at radius 3 is 2.36 bits per heavy atom. The van der Waals surface area contributed by atoms with E-state index in [0.29, 0.717) is 5.92 Å². The summed E-state index contributed by atoms with van der Waals surface area (Å²) in [4.78, 5) is 10.4. The second-order valence-electron chi connectivity index (χ2n) is 4.25. The molecule has 0 unspecified atom stereocenters. The molecule has 0 atom stereocenters. The zero-order chi connectivity index (χ0) is 10.6. The summed E-state index contributed by atoms with van der Waals surface area (Å²) in [5.74, 6) is 0.553. The van der Waals surface area contributed by atoms with Crippen molar-refractivity contribution in [3.05, 3.63) is 10.1 Å². The monoisotopic (exact) mass is 198 g/mol. The molecule has 0 heterocycles. The molecule has 4 heteroatoms. The molecule has 1 aliphatic rings. The Morgan fingerprint density at radius 1 is 1.36 bits per heavy atom. The van der Waals surface area contributed by atoms with E-state index < -0.39 is 5.03 Å². The van der Waals surface area contributed by atoms with E-state index in [1.54, 1.807) is 0 Å². The molecule has 1 saturated carbocycles. The van der Waals surface area contributed by atoms with Crippen LogP contribution >= 0.6 is 0 Å². The summed E-state index contributed by atoms with van der Waals surface area (Å²) >= 11 is 0. The van der Waals surface area contributed by atoms with Gasteiger partial charge in [0.25, 0.3) is 0 Å². The van der Waals surface area contributed by atoms with Gasteiger partial charge in [0.2, 0.25) is 0 Å². The van der Waals surface area contributed by atoms with Crippen LogP contribution in [0.5, 0.6) is 0 Å². The number of nitro groups is 1. The first-order valence-corrected chi connectivity index (χ1v) is 5.34. The van der Waals surface area contributed by atoms with E-state index in [0.717, 1.165) is 18.6 Å². The van der Waals surface area contributed by atoms with E-state index in [1.165, 1.54) is 19.3 Å². The molecule has 14 heavy (non-hydrogen) atoms. The van der Waals surface area contributed by atoms with Crippen LogP contribution in [0.1, 0.15) is 46.0 Å². The van der Waals surface area contributed by atoms with Crippen LogP contribution in [0.3, 0.4) is 0 Å². The fraction of sp³-hybridized carbons (Fsp3) is 0.900. The molecule has 0 bridgehead atoms. The minimum absolute atomic E-state index is 0.198. The molecule has 0 saturated heterocycles. The summed E-state index contributed by atoms with van der Waals surface area (Å²) in [7, 11) is 0. The number of hydrogen-bond acceptors (Lipinski definition) is 2. The predicted octanol–water partition coefficient (Wildman–Crippen LogP) is 2.86. The molecule has 1 fully saturated rings. The summed E-state index contributed by atoms with van der Waals surface area (Å²) in [6.45, 7) is 3.97. The van der Waals surface area contributed by atoms with Gasteiger partial charge in [0.1, 0.15) is 0 Å². The van der Waals surface area contributed by atoms with Crippen molar-refractivity contribution in [1.29, 1.82) is 0 Å². The standard InChI is InChI=1S/C10H18N2O2/c1-8(2)10(11-12(13)14)9-6-4-3-5-7-9/h8-9H,3-7H2,1-2H3/b11-10-. The number of rotatable bonds is 3. The third kappa shape index (κ3) is 3.09. The van der Waals surface area contributed by atoms with E-state index in [-0.39, 0.29) is 5.92 Å². The molecule has 0 radical (unpaired) electrons. The molecular formula is C10H18N2O2. The lowest BCUT2D eigenvalue weighted by atomic mass is 9.82. The van der Waals surface area contributed by atoms with Crippen molar-refractivity contribution in [3.8, 4) is 0 Å². The van der Waals surface area contributed by atoms with Crippen molar-refractivity contribution in [2.24, 2.45) is 16.9 Å². The maximum atomic E-state index is 10.4. The zero-order valence-electron chi connectivity index (χ0n) is 8.90. The molecule has 0 aliphatic heterocycles. The van der Waals surface area contributed by atoms with Gasteiger partial charge in [-0.1, -0.05) is 33.1 Å². The number of hydrogen-bond donors (Lipinski definition) is 0. The van der Waals surface area contributed by atoms with E-state index in [2.05, 4.69) is 5.10 Å². The van der Waals surface area contributed by atoms with Gasteiger partial charge in [-0.05, 0) is 18.8 Å². The topological polar surface area (TPSA) is 55.5 Å². The van der Waals surface area contributed by atoms with Crippen LogP contribution in [0.2, 0.25) is 0 Å². The smallest absolute Gasteiger partial charge is 0.190 e. The summed E-state index contributed by atoms with van der Waals surface area (Å²) in [6.07, 6.45) is 5.79. The third-order valence-corrected chi connectivity index (χ3v) is 2.81. The maximum absolute atomic E-state index is 10.4. The van der Waals surface area contributed by atoms with Crippen molar-refractivity contribution >= 4 is 5.71 Å². The highest BCUT2D eigenvalue weighted by molar-refractivity contribution is 5.87. The fourth-order valence-electron chi connectivity index (χ4n) is 2.16. The van der Waals surface area contributed by atoms with E-state index in [1.807, 2.05) is 13.8 Å². The molecule has 0 aromatic carbocycles. The van der Waals surface area contributed by atoms with Crippen molar-refractivity contribution in [3.63, 3.8) is 0 Å². The van der Waals surface area contributed by atoms with Crippen LogP contribution < -0.4 is 0 Å². The minimum atomic E-state index is -0.552. The average molecular weight is 198 g/mol. The summed E-state index contributed by atoms with van der Waals surface area (Å²) in [6, 6.07) is 0. The Bertz CT molecular complexity index is 230. The number of nitrogens with zero attached hydrogens (tertiary/aromatic N) is 2. The molecule has 80 valence electrons. The fourth-order valence-corrected chi connectivity index (χ4v) is 2.16. The van der Waals surface area contributed by atoms with Crippen LogP contribution in [-0.2, 0) is 0 Å². The van der Waals surface area contributed by atoms with Gasteiger partial charge < -0.3 is 0 Å². The highest BCUT2D eigenvalue weighted by Gasteiger charge is 2.24. The summed E-state index contributed by atoms with van der Waals surface area (Å²) in [5, 5.41) is 13.4. The second kappa shape index (κ2) is 5.08. The molecule has 0 spiro atoms. The average Bonchev–Trinajstić information content (AvgIpc) is 2.15. The van der Waals surface area contributed by atoms with Crippen molar-refractivity contribution in [1.82, 2.24) is 0 Å². The first kappa shape index (κ1) is 11.1. The van der Waals surface area contributed by atoms with Crippen molar-refractivity contribution in [2.75, 3.05) is 0 Å². The van der Waals surface area contributed by atoms with Gasteiger partial charge in [0.15, 0.2) is 5.03 Å². The maximum Gasteiger partial charge on any atom is 0.190 e. The van der Waals surface area contributed by atoms with Gasteiger partial charge in [-0.2, -0.15) is 0 Å². The predicted molar refractivity (Wildman–Crippen MR) is 55.8 cm³/mol. The van der Waals surface area contributed by atoms with Crippen LogP contribution in [0.15, 0.2) is 5.10 Å². The first-order chi connectivity index (χ1) is 6.61. The van der Waals surface area contributed by atoms with E-state index in [9.17, 15) is 10.1 Å². The molecule has 4 nitrogen and oxygen atoms in total. The zero-order valence-corrected chi connectivity index (χ0v) is 8.90. The Kier molecular flexibility index (Phi) is 4.04. The van der Waals surface area contributed by atoms with Gasteiger partial charge in [0.05, 0.1) is 10.8 Å². The Balaban J connectivity index is 2.70. The first-order valence-electron chi connectivity index (χ1n) is 5.34. The largest absolute Gasteiger partial charge is 0.233 e. The molecule has 1 aliphatic carbocycles. The van der Waals surface area contributed by atoms with Crippen molar-refractivity contribution < 1.29 is 5.03 Å². The van der Waals surface area contributed by atoms with E-state index in [4.69, 9.17) is 0 Å². The van der Waals surface area contributed by atoms with Crippen LogP contribution in [0.25, 0.3) is 0 Å². The van der Waals surface area contributed by atoms with Crippen LogP contribution in [-0.4, -0.2) is 10.7 Å². The SMILES string of the molecule is CC(C)/C(=N/[N+](=O)[O-])C1CCCCC1. The normalized spacial score (nSPS) is 20.1. The Hall–Kier alpha value is -0.930. The lowest BCUT2D eigenvalue weighted by Crippen LogP contribution is -2.23. The van der Waals surface area contributed by atoms with Gasteiger partial charge >= 0.3 is 0 Å². The lowest BCUT2D eigenvalue weighted by Gasteiger charge is -2.23. The van der Waals surface area contributed by atoms with Gasteiger partial charge in [0, 0.05) is 5.92 Å². The van der Waals surface area contributed by atoms with Gasteiger partial charge in [-0.3, -0.25) is 0 Å². The molecule has 0 aromatic heterocycles. The Labute approximate surface area is 84.5 Å². The molecule has 0 amide bonds.